The maximum atomic E-state index is 5.12. The van der Waals surface area contributed by atoms with Crippen molar-refractivity contribution >= 4 is 42.9 Å². The zero-order valence-corrected chi connectivity index (χ0v) is 13.7. The van der Waals surface area contributed by atoms with Gasteiger partial charge in [-0.1, -0.05) is 5.10 Å². The molecule has 7 nitrogen and oxygen atoms in total. The third-order valence-electron chi connectivity index (χ3n) is 2.81. The molecule has 4 heterocycles. The van der Waals surface area contributed by atoms with Crippen LogP contribution in [0.4, 0.5) is 0 Å². The van der Waals surface area contributed by atoms with E-state index < -0.39 is 9.70 Å². The molecule has 4 aromatic heterocycles. The number of ether oxygens (including phenoxy) is 1. The first-order chi connectivity index (χ1) is 10.8. The Morgan fingerprint density at radius 3 is 3.09 bits per heavy atom. The van der Waals surface area contributed by atoms with E-state index in [0.717, 1.165) is 10.4 Å². The van der Waals surface area contributed by atoms with Crippen LogP contribution in [0, 0.1) is 0 Å². The van der Waals surface area contributed by atoms with Gasteiger partial charge >= 0.3 is 0 Å². The molecule has 0 bridgehead atoms. The van der Waals surface area contributed by atoms with Gasteiger partial charge < -0.3 is 4.74 Å². The molecular formula is C12H9N6OS3+. The van der Waals surface area contributed by atoms with Gasteiger partial charge in [0.25, 0.3) is 5.16 Å². The second-order valence-corrected chi connectivity index (χ2v) is 8.11. The molecule has 0 amide bonds. The smallest absolute Gasteiger partial charge is 0.274 e. The van der Waals surface area contributed by atoms with Gasteiger partial charge in [-0.05, 0) is 38.4 Å². The van der Waals surface area contributed by atoms with E-state index in [4.69, 9.17) is 4.74 Å². The predicted octanol–water partition coefficient (Wildman–Crippen LogP) is 2.98. The molecule has 0 spiro atoms. The average Bonchev–Trinajstić information content (AvgIpc) is 3.26. The number of aromatic nitrogens is 6. The zero-order valence-electron chi connectivity index (χ0n) is 11.3. The summed E-state index contributed by atoms with van der Waals surface area (Å²) in [6.07, 6.45) is 0. The van der Waals surface area contributed by atoms with Gasteiger partial charge in [0.05, 0.1) is 12.5 Å². The lowest BCUT2D eigenvalue weighted by Crippen LogP contribution is -1.94. The molecule has 1 atom stereocenters. The van der Waals surface area contributed by atoms with Crippen LogP contribution in [-0.4, -0.2) is 36.7 Å². The average molecular weight is 349 g/mol. The van der Waals surface area contributed by atoms with Crippen LogP contribution in [0.25, 0.3) is 16.0 Å². The summed E-state index contributed by atoms with van der Waals surface area (Å²) in [4.78, 5) is 4.34. The number of tetrazole rings is 1. The zero-order chi connectivity index (χ0) is 14.9. The number of nitrogens with zero attached hydrogens (tertiary/aromatic N) is 6. The number of pyridine rings is 1. The van der Waals surface area contributed by atoms with Crippen molar-refractivity contribution in [3.8, 4) is 10.9 Å². The molecule has 1 unspecified atom stereocenters. The highest BCUT2D eigenvalue weighted by molar-refractivity contribution is 8.44. The Kier molecular flexibility index (Phi) is 3.48. The van der Waals surface area contributed by atoms with Crippen molar-refractivity contribution in [2.24, 2.45) is 0 Å². The number of methoxy groups -OCH3 is 1. The Morgan fingerprint density at radius 1 is 1.32 bits per heavy atom. The van der Waals surface area contributed by atoms with E-state index in [-0.39, 0.29) is 0 Å². The van der Waals surface area contributed by atoms with E-state index >= 15 is 0 Å². The molecule has 0 fully saturated rings. The van der Waals surface area contributed by atoms with E-state index in [1.165, 1.54) is 10.8 Å². The van der Waals surface area contributed by atoms with Crippen LogP contribution in [0.1, 0.15) is 0 Å². The maximum Gasteiger partial charge on any atom is 0.274 e. The fourth-order valence-corrected chi connectivity index (χ4v) is 5.39. The molecule has 22 heavy (non-hydrogen) atoms. The molecule has 0 saturated carbocycles. The second-order valence-electron chi connectivity index (χ2n) is 4.16. The summed E-state index contributed by atoms with van der Waals surface area (Å²) in [5.41, 5.74) is 0.699. The molecule has 10 heteroatoms. The van der Waals surface area contributed by atoms with E-state index in [2.05, 4.69) is 30.3 Å². The van der Waals surface area contributed by atoms with Crippen LogP contribution in [-0.2, 0) is 0 Å². The number of hydrogen-bond acceptors (Lipinski definition) is 8. The minimum absolute atomic E-state index is 0.395. The summed E-state index contributed by atoms with van der Waals surface area (Å²) in [6, 6.07) is 7.74. The molecule has 0 radical (unpaired) electrons. The molecule has 0 aliphatic heterocycles. The lowest BCUT2D eigenvalue weighted by Gasteiger charge is -1.94. The quantitative estimate of drug-likeness (QED) is 0.414. The summed E-state index contributed by atoms with van der Waals surface area (Å²) in [7, 11) is 2.71. The van der Waals surface area contributed by atoms with Crippen LogP contribution in [0.3, 0.4) is 0 Å². The molecule has 0 saturated heterocycles. The Balaban J connectivity index is 1.68. The molecule has 4 aromatic rings. The van der Waals surface area contributed by atoms with Crippen molar-refractivity contribution in [3.05, 3.63) is 35.0 Å². The van der Waals surface area contributed by atoms with E-state index in [9.17, 15) is 0 Å². The largest absolute Gasteiger partial charge is 0.481 e. The standard InChI is InChI=1S/C12H9N6OS3/c1-19-9-5-4-8-7-22(15-11(8)13-9)21-12-14-16-17-18(12)10-3-2-6-20-10/h2-7H,1H3/q+1. The van der Waals surface area contributed by atoms with Crippen molar-refractivity contribution in [2.75, 3.05) is 7.11 Å². The van der Waals surface area contributed by atoms with Gasteiger partial charge in [-0.15, -0.1) is 11.3 Å². The normalized spacial score (nSPS) is 12.0. The van der Waals surface area contributed by atoms with Gasteiger partial charge in [0, 0.05) is 6.07 Å². The van der Waals surface area contributed by atoms with E-state index in [0.29, 0.717) is 16.7 Å². The van der Waals surface area contributed by atoms with Crippen LogP contribution in [0.15, 0.2) is 40.2 Å². The molecular weight excluding hydrogens is 340 g/mol. The third kappa shape index (κ3) is 2.45. The summed E-state index contributed by atoms with van der Waals surface area (Å²) in [5.74, 6) is 0.565. The Labute approximate surface area is 135 Å². The van der Waals surface area contributed by atoms with Gasteiger partial charge in [-0.3, -0.25) is 0 Å². The number of thiophene rings is 1. The number of hydrogen-bond donors (Lipinski definition) is 0. The molecule has 0 aliphatic rings. The molecule has 0 N–H and O–H groups in total. The van der Waals surface area contributed by atoms with Crippen molar-refractivity contribution < 1.29 is 4.74 Å². The number of rotatable bonds is 4. The first-order valence-corrected chi connectivity index (χ1v) is 9.65. The minimum atomic E-state index is -0.395. The fraction of sp³-hybridized carbons (Fsp3) is 0.0833. The summed E-state index contributed by atoms with van der Waals surface area (Å²) in [6.45, 7) is 0. The van der Waals surface area contributed by atoms with E-state index in [1.807, 2.05) is 29.6 Å². The van der Waals surface area contributed by atoms with Gasteiger partial charge in [0.2, 0.25) is 22.3 Å². The highest BCUT2D eigenvalue weighted by Gasteiger charge is 2.22. The summed E-state index contributed by atoms with van der Waals surface area (Å²) < 4.78 is 11.4. The van der Waals surface area contributed by atoms with Crippen molar-refractivity contribution in [2.45, 2.75) is 5.16 Å². The summed E-state index contributed by atoms with van der Waals surface area (Å²) in [5, 5.41) is 18.6. The second kappa shape index (κ2) is 5.63. The van der Waals surface area contributed by atoms with Crippen LogP contribution < -0.4 is 4.74 Å². The Morgan fingerprint density at radius 2 is 2.27 bits per heavy atom. The van der Waals surface area contributed by atoms with Crippen molar-refractivity contribution in [1.29, 1.82) is 0 Å². The van der Waals surface area contributed by atoms with Gasteiger partial charge in [0.1, 0.15) is 5.00 Å². The lowest BCUT2D eigenvalue weighted by atomic mass is 10.4. The first kappa shape index (κ1) is 13.6. The Hall–Kier alpha value is -2.04. The van der Waals surface area contributed by atoms with Crippen LogP contribution in [0.2, 0.25) is 0 Å². The molecule has 0 aliphatic carbocycles. The highest BCUT2D eigenvalue weighted by Crippen LogP contribution is 2.39. The Bertz CT molecular complexity index is 916. The van der Waals surface area contributed by atoms with Crippen molar-refractivity contribution in [3.63, 3.8) is 0 Å². The third-order valence-corrected chi connectivity index (χ3v) is 6.51. The SMILES string of the molecule is COc1ccc2c[s+](Sc3nnnn3-c3cccs3)nc2n1. The lowest BCUT2D eigenvalue weighted by molar-refractivity contribution is 0.399. The highest BCUT2D eigenvalue weighted by atomic mass is 33.1. The monoisotopic (exact) mass is 349 g/mol. The molecule has 4 rings (SSSR count). The summed E-state index contributed by atoms with van der Waals surface area (Å²) >= 11 is 1.59. The van der Waals surface area contributed by atoms with Crippen molar-refractivity contribution in [1.82, 2.24) is 29.6 Å². The molecule has 0 aromatic carbocycles. The van der Waals surface area contributed by atoms with Gasteiger partial charge in [-0.25, -0.2) is 0 Å². The maximum absolute atomic E-state index is 5.12. The number of fused-ring (bicyclic) bond motifs is 1. The molecule has 110 valence electrons. The minimum Gasteiger partial charge on any atom is -0.481 e. The van der Waals surface area contributed by atoms with Gasteiger partial charge in [0.15, 0.2) is 15.1 Å². The van der Waals surface area contributed by atoms with Gasteiger partial charge in [-0.2, -0.15) is 9.67 Å². The van der Waals surface area contributed by atoms with Crippen LogP contribution >= 0.6 is 31.8 Å². The first-order valence-electron chi connectivity index (χ1n) is 6.19. The fourth-order valence-electron chi connectivity index (χ4n) is 1.82. The van der Waals surface area contributed by atoms with Crippen LogP contribution in [0.5, 0.6) is 5.88 Å². The predicted molar refractivity (Wildman–Crippen MR) is 86.9 cm³/mol. The van der Waals surface area contributed by atoms with E-state index in [1.54, 1.807) is 23.1 Å². The topological polar surface area (TPSA) is 78.6 Å².